The molecule has 0 fully saturated rings. The molecule has 0 bridgehead atoms. The standard InChI is InChI=1S/C19H14BN5O3/c20-15-7-6-14(28-15)19(27)24-17-11(10-21)16-18(25(17)8-3-9-26)23-13-5-2-1-4-12(13)22-16/h1-2,4-7,26H,3,8-9H2,(H,24,27). The average Bonchev–Trinajstić information content (AvgIpc) is 3.25. The highest BCUT2D eigenvalue weighted by molar-refractivity contribution is 6.30. The van der Waals surface area contributed by atoms with Gasteiger partial charge in [-0.3, -0.25) is 4.79 Å². The van der Waals surface area contributed by atoms with Gasteiger partial charge in [-0.1, -0.05) is 12.1 Å². The highest BCUT2D eigenvalue weighted by Crippen LogP contribution is 2.29. The summed E-state index contributed by atoms with van der Waals surface area (Å²) in [6, 6.07) is 12.3. The Hall–Kier alpha value is -3.64. The first-order valence-corrected chi connectivity index (χ1v) is 8.59. The first-order valence-electron chi connectivity index (χ1n) is 8.59. The first kappa shape index (κ1) is 17.8. The molecular weight excluding hydrogens is 357 g/mol. The first-order chi connectivity index (χ1) is 13.6. The lowest BCUT2D eigenvalue weighted by molar-refractivity contribution is 0.0997. The van der Waals surface area contributed by atoms with Crippen molar-refractivity contribution in [3.63, 3.8) is 0 Å². The van der Waals surface area contributed by atoms with Gasteiger partial charge >= 0.3 is 0 Å². The third-order valence-electron chi connectivity index (χ3n) is 4.29. The number of rotatable bonds is 5. The van der Waals surface area contributed by atoms with Crippen molar-refractivity contribution >= 4 is 47.4 Å². The Morgan fingerprint density at radius 1 is 1.25 bits per heavy atom. The van der Waals surface area contributed by atoms with Crippen LogP contribution in [0.25, 0.3) is 22.2 Å². The summed E-state index contributed by atoms with van der Waals surface area (Å²) < 4.78 is 6.83. The number of aliphatic hydroxyl groups is 1. The summed E-state index contributed by atoms with van der Waals surface area (Å²) in [5.74, 6) is -0.279. The molecule has 3 heterocycles. The summed E-state index contributed by atoms with van der Waals surface area (Å²) in [5.41, 5.74) is 2.45. The fourth-order valence-electron chi connectivity index (χ4n) is 3.03. The number of nitrogens with one attached hydrogen (secondary N) is 1. The van der Waals surface area contributed by atoms with Crippen LogP contribution in [0, 0.1) is 11.3 Å². The van der Waals surface area contributed by atoms with Crippen LogP contribution in [-0.2, 0) is 6.54 Å². The molecule has 4 aromatic rings. The number of nitrogens with zero attached hydrogens (tertiary/aromatic N) is 4. The Morgan fingerprint density at radius 3 is 2.64 bits per heavy atom. The molecule has 2 radical (unpaired) electrons. The van der Waals surface area contributed by atoms with Crippen LogP contribution in [0.2, 0.25) is 0 Å². The van der Waals surface area contributed by atoms with Crippen LogP contribution in [0.5, 0.6) is 0 Å². The second-order valence-electron chi connectivity index (χ2n) is 6.10. The van der Waals surface area contributed by atoms with Gasteiger partial charge in [0.05, 0.1) is 11.0 Å². The van der Waals surface area contributed by atoms with Crippen molar-refractivity contribution in [1.82, 2.24) is 14.5 Å². The molecule has 8 nitrogen and oxygen atoms in total. The van der Waals surface area contributed by atoms with Crippen molar-refractivity contribution in [3.8, 4) is 6.07 Å². The zero-order valence-electron chi connectivity index (χ0n) is 14.7. The fourth-order valence-corrected chi connectivity index (χ4v) is 3.03. The number of carbonyl (C=O) groups is 1. The van der Waals surface area contributed by atoms with Gasteiger partial charge in [0, 0.05) is 18.8 Å². The Kier molecular flexibility index (Phi) is 4.55. The Bertz CT molecular complexity index is 1240. The van der Waals surface area contributed by atoms with E-state index in [0.717, 1.165) is 0 Å². The van der Waals surface area contributed by atoms with E-state index < -0.39 is 5.91 Å². The van der Waals surface area contributed by atoms with Crippen molar-refractivity contribution in [2.75, 3.05) is 11.9 Å². The lowest BCUT2D eigenvalue weighted by atomic mass is 10.1. The molecule has 0 aliphatic rings. The predicted molar refractivity (Wildman–Crippen MR) is 104 cm³/mol. The van der Waals surface area contributed by atoms with Gasteiger partial charge in [-0.25, -0.2) is 9.97 Å². The smallest absolute Gasteiger partial charge is 0.292 e. The molecule has 9 heteroatoms. The van der Waals surface area contributed by atoms with E-state index in [1.807, 2.05) is 18.2 Å². The van der Waals surface area contributed by atoms with Gasteiger partial charge in [0.2, 0.25) is 0 Å². The molecule has 1 aromatic carbocycles. The molecule has 1 amide bonds. The van der Waals surface area contributed by atoms with Gasteiger partial charge in [0.1, 0.15) is 23.0 Å². The molecular formula is C19H14BN5O3. The molecule has 0 atom stereocenters. The number of carbonyl (C=O) groups excluding carboxylic acids is 1. The number of para-hydroxylation sites is 2. The van der Waals surface area contributed by atoms with Crippen LogP contribution in [0.1, 0.15) is 22.5 Å². The summed E-state index contributed by atoms with van der Waals surface area (Å²) in [4.78, 5) is 21.7. The maximum absolute atomic E-state index is 12.6. The molecule has 0 aliphatic heterocycles. The molecule has 3 aromatic heterocycles. The molecule has 0 aliphatic carbocycles. The van der Waals surface area contributed by atoms with Crippen LogP contribution in [0.3, 0.4) is 0 Å². The summed E-state index contributed by atoms with van der Waals surface area (Å²) in [7, 11) is 5.53. The fraction of sp³-hybridized carbons (Fsp3) is 0.158. The van der Waals surface area contributed by atoms with Gasteiger partial charge in [-0.15, -0.1) is 0 Å². The summed E-state index contributed by atoms with van der Waals surface area (Å²) in [5, 5.41) is 21.7. The largest absolute Gasteiger partial charge is 0.468 e. The van der Waals surface area contributed by atoms with E-state index in [9.17, 15) is 15.2 Å². The van der Waals surface area contributed by atoms with Gasteiger partial charge in [-0.05, 0) is 30.7 Å². The number of aryl methyl sites for hydroxylation is 1. The van der Waals surface area contributed by atoms with Crippen LogP contribution in [0.4, 0.5) is 5.82 Å². The maximum atomic E-state index is 12.6. The lowest BCUT2D eigenvalue weighted by Gasteiger charge is -2.10. The normalized spacial score (nSPS) is 11.0. The van der Waals surface area contributed by atoms with E-state index in [2.05, 4.69) is 21.4 Å². The van der Waals surface area contributed by atoms with Crippen LogP contribution >= 0.6 is 0 Å². The van der Waals surface area contributed by atoms with Crippen molar-refractivity contribution in [3.05, 3.63) is 47.7 Å². The second kappa shape index (κ2) is 7.17. The van der Waals surface area contributed by atoms with Crippen LogP contribution in [-0.4, -0.2) is 40.0 Å². The zero-order chi connectivity index (χ0) is 19.7. The Labute approximate surface area is 160 Å². The van der Waals surface area contributed by atoms with Crippen molar-refractivity contribution in [1.29, 1.82) is 5.26 Å². The minimum atomic E-state index is -0.550. The third kappa shape index (κ3) is 3.00. The molecule has 4 rings (SSSR count). The van der Waals surface area contributed by atoms with Crippen LogP contribution < -0.4 is 11.0 Å². The highest BCUT2D eigenvalue weighted by atomic mass is 16.3. The number of benzene rings is 1. The lowest BCUT2D eigenvalue weighted by Crippen LogP contribution is -2.16. The van der Waals surface area contributed by atoms with E-state index in [4.69, 9.17) is 12.3 Å². The quantitative estimate of drug-likeness (QED) is 0.513. The highest BCUT2D eigenvalue weighted by Gasteiger charge is 2.23. The zero-order valence-corrected chi connectivity index (χ0v) is 14.7. The van der Waals surface area contributed by atoms with Crippen molar-refractivity contribution in [2.24, 2.45) is 0 Å². The molecule has 2 N–H and O–H groups in total. The monoisotopic (exact) mass is 371 g/mol. The number of nitriles is 1. The van der Waals surface area contributed by atoms with Gasteiger partial charge in [0.15, 0.2) is 19.3 Å². The minimum absolute atomic E-state index is 0.0198. The summed E-state index contributed by atoms with van der Waals surface area (Å²) in [6.07, 6.45) is 0.416. The predicted octanol–water partition coefficient (Wildman–Crippen LogP) is 1.48. The van der Waals surface area contributed by atoms with Crippen LogP contribution in [0.15, 0.2) is 40.8 Å². The maximum Gasteiger partial charge on any atom is 0.292 e. The average molecular weight is 371 g/mol. The molecule has 0 unspecified atom stereocenters. The second-order valence-corrected chi connectivity index (χ2v) is 6.10. The number of hydrogen-bond donors (Lipinski definition) is 2. The van der Waals surface area contributed by atoms with Crippen molar-refractivity contribution < 1.29 is 14.3 Å². The van der Waals surface area contributed by atoms with E-state index in [1.54, 1.807) is 10.6 Å². The van der Waals surface area contributed by atoms with E-state index in [-0.39, 0.29) is 29.4 Å². The SMILES string of the molecule is [B]c1ccc(C(=O)Nc2c(C#N)c3nc4ccccc4nc3n2CCCO)o1. The van der Waals surface area contributed by atoms with Gasteiger partial charge < -0.3 is 19.4 Å². The Morgan fingerprint density at radius 2 is 2.00 bits per heavy atom. The van der Waals surface area contributed by atoms with E-state index in [0.29, 0.717) is 35.2 Å². The third-order valence-corrected chi connectivity index (χ3v) is 4.29. The van der Waals surface area contributed by atoms with Gasteiger partial charge in [0.25, 0.3) is 5.91 Å². The topological polar surface area (TPSA) is 117 Å². The number of amides is 1. The molecule has 0 saturated carbocycles. The number of hydrogen-bond acceptors (Lipinski definition) is 6. The Balaban J connectivity index is 1.90. The van der Waals surface area contributed by atoms with Gasteiger partial charge in [-0.2, -0.15) is 5.26 Å². The molecule has 0 spiro atoms. The minimum Gasteiger partial charge on any atom is -0.468 e. The van der Waals surface area contributed by atoms with E-state index in [1.165, 1.54) is 12.1 Å². The number of fused-ring (bicyclic) bond motifs is 2. The number of aromatic nitrogens is 3. The number of furan rings is 1. The molecule has 28 heavy (non-hydrogen) atoms. The summed E-state index contributed by atoms with van der Waals surface area (Å²) in [6.45, 7) is 0.294. The van der Waals surface area contributed by atoms with E-state index >= 15 is 0 Å². The summed E-state index contributed by atoms with van der Waals surface area (Å²) >= 11 is 0. The number of anilines is 1. The number of aliphatic hydroxyl groups excluding tert-OH is 1. The molecule has 136 valence electrons. The van der Waals surface area contributed by atoms with Crippen molar-refractivity contribution in [2.45, 2.75) is 13.0 Å². The molecule has 0 saturated heterocycles.